The van der Waals surface area contributed by atoms with Crippen molar-refractivity contribution >= 4 is 12.8 Å². The van der Waals surface area contributed by atoms with Gasteiger partial charge in [0.25, 0.3) is 0 Å². The predicted octanol–water partition coefficient (Wildman–Crippen LogP) is 4.60. The van der Waals surface area contributed by atoms with Gasteiger partial charge in [-0.05, 0) is 33.0 Å². The van der Waals surface area contributed by atoms with E-state index in [4.69, 9.17) is 4.74 Å². The van der Waals surface area contributed by atoms with Crippen molar-refractivity contribution in [2.75, 3.05) is 13.1 Å². The summed E-state index contributed by atoms with van der Waals surface area (Å²) in [5.74, 6) is 2.62. The van der Waals surface area contributed by atoms with E-state index in [1.165, 1.54) is 44.9 Å². The molecule has 0 aromatic carbocycles. The molecule has 3 nitrogen and oxygen atoms in total. The van der Waals surface area contributed by atoms with Gasteiger partial charge in [-0.2, -0.15) is 0 Å². The molecule has 3 heterocycles. The van der Waals surface area contributed by atoms with Crippen LogP contribution < -0.4 is 0 Å². The van der Waals surface area contributed by atoms with Crippen LogP contribution in [0.1, 0.15) is 65.7 Å². The predicted molar refractivity (Wildman–Crippen MR) is 87.1 cm³/mol. The number of rotatable bonds is 1. The molecule has 0 aromatic rings. The van der Waals surface area contributed by atoms with Gasteiger partial charge in [-0.15, -0.1) is 0 Å². The molecule has 0 radical (unpaired) electrons. The van der Waals surface area contributed by atoms with Crippen molar-refractivity contribution in [2.24, 2.45) is 0 Å². The summed E-state index contributed by atoms with van der Waals surface area (Å²) in [5.41, 5.74) is -0.378. The summed E-state index contributed by atoms with van der Waals surface area (Å²) in [6.45, 7) is 8.57. The molecule has 1 unspecified atom stereocenters. The third-order valence-corrected chi connectivity index (χ3v) is 5.81. The molecular formula is C17H30BNO2. The molecule has 1 atom stereocenters. The Morgan fingerprint density at radius 1 is 1.00 bits per heavy atom. The number of fused-ring (bicyclic) bond motifs is 2. The average Bonchev–Trinajstić information content (AvgIpc) is 2.85. The number of hydrogen-bond acceptors (Lipinski definition) is 2. The van der Waals surface area contributed by atoms with Gasteiger partial charge in [0.2, 0.25) is 0 Å². The summed E-state index contributed by atoms with van der Waals surface area (Å²) in [4.78, 5) is 14.2. The first kappa shape index (κ1) is 15.2. The number of carbonyl (C=O) groups is 1. The van der Waals surface area contributed by atoms with Crippen LogP contribution in [0, 0.1) is 0 Å². The standard InChI is InChI=1S/C17H30BNO2/c1-17(2,3)21-16(20)19-11-10-15(12-19)18-13-6-4-7-14(18)9-5-8-13/h13-15H,4-12H2,1-3H3. The van der Waals surface area contributed by atoms with Crippen LogP contribution in [0.4, 0.5) is 4.79 Å². The SMILES string of the molecule is CC(C)(C)OC(=O)N1CCC(B2C3CCCC2CCC3)C1. The third-order valence-electron chi connectivity index (χ3n) is 5.81. The molecule has 4 heteroatoms. The molecule has 1 amide bonds. The molecule has 0 aromatic heterocycles. The van der Waals surface area contributed by atoms with Crippen LogP contribution in [0.15, 0.2) is 0 Å². The van der Waals surface area contributed by atoms with Crippen molar-refractivity contribution in [1.29, 1.82) is 0 Å². The lowest BCUT2D eigenvalue weighted by Crippen LogP contribution is -2.40. The van der Waals surface area contributed by atoms with E-state index in [-0.39, 0.29) is 11.7 Å². The minimum atomic E-state index is -0.378. The Balaban J connectivity index is 1.60. The minimum Gasteiger partial charge on any atom is -0.444 e. The molecule has 0 aliphatic carbocycles. The Morgan fingerprint density at radius 3 is 2.10 bits per heavy atom. The van der Waals surface area contributed by atoms with Crippen molar-refractivity contribution in [3.63, 3.8) is 0 Å². The van der Waals surface area contributed by atoms with E-state index in [1.807, 2.05) is 25.7 Å². The van der Waals surface area contributed by atoms with Gasteiger partial charge in [0.1, 0.15) is 5.60 Å². The Labute approximate surface area is 129 Å². The van der Waals surface area contributed by atoms with E-state index >= 15 is 0 Å². The summed E-state index contributed by atoms with van der Waals surface area (Å²) in [7, 11) is 0. The minimum absolute atomic E-state index is 0.106. The lowest BCUT2D eigenvalue weighted by Gasteiger charge is -2.43. The highest BCUT2D eigenvalue weighted by Crippen LogP contribution is 2.52. The number of nitrogens with zero attached hydrogens (tertiary/aromatic N) is 1. The maximum absolute atomic E-state index is 12.2. The van der Waals surface area contributed by atoms with Crippen LogP contribution in [0.25, 0.3) is 0 Å². The Bertz CT molecular complexity index is 371. The topological polar surface area (TPSA) is 29.5 Å². The van der Waals surface area contributed by atoms with Gasteiger partial charge < -0.3 is 9.64 Å². The zero-order valence-corrected chi connectivity index (χ0v) is 13.9. The molecule has 0 N–H and O–H groups in total. The number of hydrogen-bond donors (Lipinski definition) is 0. The molecule has 2 bridgehead atoms. The fraction of sp³-hybridized carbons (Fsp3) is 0.941. The summed E-state index contributed by atoms with van der Waals surface area (Å²) in [5, 5.41) is 0. The monoisotopic (exact) mass is 291 g/mol. The second kappa shape index (κ2) is 5.85. The zero-order chi connectivity index (χ0) is 15.0. The van der Waals surface area contributed by atoms with Gasteiger partial charge in [0.05, 0.1) is 0 Å². The molecule has 3 fully saturated rings. The molecular weight excluding hydrogens is 261 g/mol. The van der Waals surface area contributed by atoms with Gasteiger partial charge in [0, 0.05) is 13.1 Å². The van der Waals surface area contributed by atoms with E-state index in [0.29, 0.717) is 0 Å². The van der Waals surface area contributed by atoms with Crippen LogP contribution in [0.3, 0.4) is 0 Å². The Kier molecular flexibility index (Phi) is 4.24. The number of amides is 1. The molecule has 0 saturated carbocycles. The first-order chi connectivity index (χ1) is 9.94. The van der Waals surface area contributed by atoms with Crippen molar-refractivity contribution in [3.8, 4) is 0 Å². The van der Waals surface area contributed by atoms with Crippen molar-refractivity contribution in [1.82, 2.24) is 4.90 Å². The highest BCUT2D eigenvalue weighted by Gasteiger charge is 2.46. The molecule has 0 spiro atoms. The smallest absolute Gasteiger partial charge is 0.410 e. The maximum Gasteiger partial charge on any atom is 0.410 e. The van der Waals surface area contributed by atoms with E-state index in [0.717, 1.165) is 37.3 Å². The van der Waals surface area contributed by atoms with E-state index in [2.05, 4.69) is 0 Å². The molecule has 21 heavy (non-hydrogen) atoms. The number of carbonyl (C=O) groups excluding carboxylic acids is 1. The van der Waals surface area contributed by atoms with Crippen LogP contribution >= 0.6 is 0 Å². The zero-order valence-electron chi connectivity index (χ0n) is 13.9. The van der Waals surface area contributed by atoms with Crippen LogP contribution in [0.2, 0.25) is 17.5 Å². The average molecular weight is 291 g/mol. The number of likely N-dealkylation sites (tertiary alicyclic amines) is 1. The van der Waals surface area contributed by atoms with Gasteiger partial charge in [-0.1, -0.05) is 50.2 Å². The van der Waals surface area contributed by atoms with Crippen LogP contribution in [-0.4, -0.2) is 36.4 Å². The summed E-state index contributed by atoms with van der Waals surface area (Å²) < 4.78 is 5.54. The maximum atomic E-state index is 12.2. The van der Waals surface area contributed by atoms with E-state index < -0.39 is 0 Å². The second-order valence-corrected chi connectivity index (χ2v) is 8.43. The Hall–Kier alpha value is -0.665. The number of ether oxygens (including phenoxy) is 1. The van der Waals surface area contributed by atoms with Gasteiger partial charge in [-0.25, -0.2) is 4.79 Å². The lowest BCUT2D eigenvalue weighted by molar-refractivity contribution is 0.0294. The summed E-state index contributed by atoms with van der Waals surface area (Å²) in [6, 6.07) is 0. The molecule has 118 valence electrons. The second-order valence-electron chi connectivity index (χ2n) is 8.43. The normalized spacial score (nSPS) is 33.2. The Morgan fingerprint density at radius 2 is 1.57 bits per heavy atom. The molecule has 3 rings (SSSR count). The van der Waals surface area contributed by atoms with E-state index in [1.54, 1.807) is 0 Å². The van der Waals surface area contributed by atoms with Gasteiger partial charge in [0.15, 0.2) is 6.71 Å². The fourth-order valence-corrected chi connectivity index (χ4v) is 5.09. The fourth-order valence-electron chi connectivity index (χ4n) is 5.09. The summed E-state index contributed by atoms with van der Waals surface area (Å²) >= 11 is 0. The first-order valence-corrected chi connectivity index (χ1v) is 8.92. The third kappa shape index (κ3) is 3.40. The van der Waals surface area contributed by atoms with E-state index in [9.17, 15) is 4.79 Å². The summed E-state index contributed by atoms with van der Waals surface area (Å²) in [6.07, 6.45) is 9.70. The van der Waals surface area contributed by atoms with Gasteiger partial charge in [-0.3, -0.25) is 0 Å². The van der Waals surface area contributed by atoms with Crippen LogP contribution in [0.5, 0.6) is 0 Å². The van der Waals surface area contributed by atoms with Crippen molar-refractivity contribution in [3.05, 3.63) is 0 Å². The molecule has 3 aliphatic rings. The largest absolute Gasteiger partial charge is 0.444 e. The highest BCUT2D eigenvalue weighted by atomic mass is 16.6. The molecule has 3 aliphatic heterocycles. The lowest BCUT2D eigenvalue weighted by atomic mass is 9.22. The van der Waals surface area contributed by atoms with Gasteiger partial charge >= 0.3 is 6.09 Å². The van der Waals surface area contributed by atoms with Crippen LogP contribution in [-0.2, 0) is 4.74 Å². The van der Waals surface area contributed by atoms with Crippen molar-refractivity contribution in [2.45, 2.75) is 88.8 Å². The quantitative estimate of drug-likeness (QED) is 0.661. The van der Waals surface area contributed by atoms with Crippen molar-refractivity contribution < 1.29 is 9.53 Å². The first-order valence-electron chi connectivity index (χ1n) is 8.92. The highest BCUT2D eigenvalue weighted by molar-refractivity contribution is 6.64. The molecule has 3 saturated heterocycles.